The summed E-state index contributed by atoms with van der Waals surface area (Å²) in [6.07, 6.45) is 0. The zero-order valence-electron chi connectivity index (χ0n) is 17.7. The molecule has 31 heavy (non-hydrogen) atoms. The standard InChI is InChI=1S/C22H23N3O5S/c1-13-20(14(2)26)21(23-22(31)24(13)3)16-10-18(29-4)19(11-17(16)25(27)28)30-12-15-8-6-5-7-9-15/h5-11,21H,12H2,1-4H3,(H,23,31)/t21-/m0/s1. The molecule has 9 heteroatoms. The number of hydrogen-bond acceptors (Lipinski definition) is 6. The first-order valence-corrected chi connectivity index (χ1v) is 9.94. The van der Waals surface area contributed by atoms with Gasteiger partial charge in [-0.25, -0.2) is 0 Å². The molecule has 1 aliphatic rings. The molecule has 2 aromatic rings. The number of rotatable bonds is 7. The van der Waals surface area contributed by atoms with Gasteiger partial charge in [0.05, 0.1) is 29.7 Å². The molecule has 0 spiro atoms. The van der Waals surface area contributed by atoms with Crippen molar-refractivity contribution in [2.75, 3.05) is 14.2 Å². The highest BCUT2D eigenvalue weighted by Crippen LogP contribution is 2.41. The van der Waals surface area contributed by atoms with E-state index in [1.165, 1.54) is 26.2 Å². The molecule has 1 N–H and O–H groups in total. The Hall–Kier alpha value is -3.46. The van der Waals surface area contributed by atoms with Crippen molar-refractivity contribution >= 4 is 28.8 Å². The number of hydrogen-bond donors (Lipinski definition) is 1. The van der Waals surface area contributed by atoms with Gasteiger partial charge in [0.25, 0.3) is 5.69 Å². The van der Waals surface area contributed by atoms with Crippen LogP contribution in [0.25, 0.3) is 0 Å². The highest BCUT2D eigenvalue weighted by atomic mass is 32.1. The lowest BCUT2D eigenvalue weighted by atomic mass is 9.91. The molecule has 0 radical (unpaired) electrons. The first-order valence-electron chi connectivity index (χ1n) is 9.53. The van der Waals surface area contributed by atoms with E-state index < -0.39 is 11.0 Å². The van der Waals surface area contributed by atoms with Gasteiger partial charge in [0.1, 0.15) is 6.61 Å². The van der Waals surface area contributed by atoms with Crippen molar-refractivity contribution in [1.29, 1.82) is 0 Å². The van der Waals surface area contributed by atoms with E-state index in [1.807, 2.05) is 30.3 Å². The van der Waals surface area contributed by atoms with Crippen LogP contribution in [0.3, 0.4) is 0 Å². The van der Waals surface area contributed by atoms with E-state index in [0.717, 1.165) is 5.56 Å². The van der Waals surface area contributed by atoms with E-state index in [4.69, 9.17) is 21.7 Å². The minimum Gasteiger partial charge on any atom is -0.493 e. The molecule has 0 aromatic heterocycles. The molecule has 1 heterocycles. The van der Waals surface area contributed by atoms with E-state index >= 15 is 0 Å². The summed E-state index contributed by atoms with van der Waals surface area (Å²) in [6.45, 7) is 3.41. The van der Waals surface area contributed by atoms with Crippen molar-refractivity contribution in [3.63, 3.8) is 0 Å². The van der Waals surface area contributed by atoms with Crippen LogP contribution in [0.2, 0.25) is 0 Å². The van der Waals surface area contributed by atoms with E-state index in [0.29, 0.717) is 22.1 Å². The summed E-state index contributed by atoms with van der Waals surface area (Å²) < 4.78 is 11.3. The zero-order chi connectivity index (χ0) is 22.7. The van der Waals surface area contributed by atoms with Crippen molar-refractivity contribution in [3.05, 3.63) is 75.0 Å². The second kappa shape index (κ2) is 9.13. The highest BCUT2D eigenvalue weighted by Gasteiger charge is 2.35. The van der Waals surface area contributed by atoms with Crippen molar-refractivity contribution in [2.45, 2.75) is 26.5 Å². The Balaban J connectivity index is 2.09. The SMILES string of the molecule is COc1cc([C@@H]2NC(=S)N(C)C(C)=C2C(C)=O)c([N+](=O)[O-])cc1OCc1ccccc1. The lowest BCUT2D eigenvalue weighted by Crippen LogP contribution is -2.45. The van der Waals surface area contributed by atoms with Gasteiger partial charge in [-0.2, -0.15) is 0 Å². The molecule has 1 aliphatic heterocycles. The van der Waals surface area contributed by atoms with Gasteiger partial charge < -0.3 is 19.7 Å². The maximum absolute atomic E-state index is 12.4. The van der Waals surface area contributed by atoms with Crippen molar-refractivity contribution in [3.8, 4) is 11.5 Å². The van der Waals surface area contributed by atoms with Gasteiger partial charge in [-0.1, -0.05) is 30.3 Å². The number of ether oxygens (including phenoxy) is 2. The molecular formula is C22H23N3O5S. The lowest BCUT2D eigenvalue weighted by molar-refractivity contribution is -0.385. The molecule has 0 saturated heterocycles. The van der Waals surface area contributed by atoms with Gasteiger partial charge in [-0.15, -0.1) is 0 Å². The number of thiocarbonyl (C=S) groups is 1. The van der Waals surface area contributed by atoms with Crippen LogP contribution in [0, 0.1) is 10.1 Å². The molecule has 0 unspecified atom stereocenters. The van der Waals surface area contributed by atoms with Gasteiger partial charge in [0, 0.05) is 18.3 Å². The summed E-state index contributed by atoms with van der Waals surface area (Å²) >= 11 is 5.36. The minimum atomic E-state index is -0.779. The van der Waals surface area contributed by atoms with Crippen molar-refractivity contribution < 1.29 is 19.2 Å². The van der Waals surface area contributed by atoms with Gasteiger partial charge in [-0.3, -0.25) is 14.9 Å². The number of ketones is 1. The fraction of sp³-hybridized carbons (Fsp3) is 0.273. The van der Waals surface area contributed by atoms with Crippen LogP contribution in [0.15, 0.2) is 53.7 Å². The molecule has 2 aromatic carbocycles. The average molecular weight is 442 g/mol. The summed E-state index contributed by atoms with van der Waals surface area (Å²) in [5.74, 6) is 0.355. The van der Waals surface area contributed by atoms with Gasteiger partial charge in [0.15, 0.2) is 22.4 Å². The van der Waals surface area contributed by atoms with Crippen LogP contribution in [0.5, 0.6) is 11.5 Å². The zero-order valence-corrected chi connectivity index (χ0v) is 18.5. The summed E-state index contributed by atoms with van der Waals surface area (Å²) in [5.41, 5.74) is 2.03. The van der Waals surface area contributed by atoms with Crippen molar-refractivity contribution in [1.82, 2.24) is 10.2 Å². The van der Waals surface area contributed by atoms with Crippen molar-refractivity contribution in [2.24, 2.45) is 0 Å². The normalized spacial score (nSPS) is 16.1. The van der Waals surface area contributed by atoms with Crippen LogP contribution >= 0.6 is 12.2 Å². The monoisotopic (exact) mass is 441 g/mol. The predicted octanol–water partition coefficient (Wildman–Crippen LogP) is 3.91. The van der Waals surface area contributed by atoms with Gasteiger partial charge in [-0.05, 0) is 37.7 Å². The third-order valence-electron chi connectivity index (χ3n) is 5.19. The number of Topliss-reactive ketones (excluding diaryl/α,β-unsaturated/α-hetero) is 1. The van der Waals surface area contributed by atoms with Crippen LogP contribution < -0.4 is 14.8 Å². The molecule has 0 fully saturated rings. The van der Waals surface area contributed by atoms with Crippen LogP contribution in [0.4, 0.5) is 5.69 Å². The Morgan fingerprint density at radius 3 is 2.52 bits per heavy atom. The molecule has 0 saturated carbocycles. The number of nitrogens with one attached hydrogen (secondary N) is 1. The van der Waals surface area contributed by atoms with E-state index in [9.17, 15) is 14.9 Å². The topological polar surface area (TPSA) is 93.9 Å². The van der Waals surface area contributed by atoms with E-state index in [-0.39, 0.29) is 29.4 Å². The fourth-order valence-corrected chi connectivity index (χ4v) is 3.74. The quantitative estimate of drug-likeness (QED) is 0.393. The minimum absolute atomic E-state index is 0.194. The number of nitro groups is 1. The third-order valence-corrected chi connectivity index (χ3v) is 5.58. The summed E-state index contributed by atoms with van der Waals surface area (Å²) in [7, 11) is 3.19. The number of carbonyl (C=O) groups excluding carboxylic acids is 1. The Morgan fingerprint density at radius 1 is 1.26 bits per heavy atom. The Morgan fingerprint density at radius 2 is 1.94 bits per heavy atom. The van der Waals surface area contributed by atoms with E-state index in [1.54, 1.807) is 18.9 Å². The molecule has 1 atom stereocenters. The summed E-state index contributed by atoms with van der Waals surface area (Å²) in [6, 6.07) is 11.5. The van der Waals surface area contributed by atoms with Gasteiger partial charge in [0.2, 0.25) is 0 Å². The number of nitrogens with zero attached hydrogens (tertiary/aromatic N) is 2. The number of nitro benzene ring substituents is 1. The number of allylic oxidation sites excluding steroid dienone is 1. The second-order valence-corrected chi connectivity index (χ2v) is 7.48. The summed E-state index contributed by atoms with van der Waals surface area (Å²) in [4.78, 5) is 25.5. The average Bonchev–Trinajstić information content (AvgIpc) is 2.75. The largest absolute Gasteiger partial charge is 0.493 e. The molecule has 8 nitrogen and oxygen atoms in total. The smallest absolute Gasteiger partial charge is 0.279 e. The van der Waals surface area contributed by atoms with Crippen LogP contribution in [0.1, 0.15) is 31.0 Å². The maximum Gasteiger partial charge on any atom is 0.279 e. The molecule has 0 aliphatic carbocycles. The molecular weight excluding hydrogens is 418 g/mol. The maximum atomic E-state index is 12.4. The Labute approximate surface area is 185 Å². The highest BCUT2D eigenvalue weighted by molar-refractivity contribution is 7.80. The lowest BCUT2D eigenvalue weighted by Gasteiger charge is -2.35. The molecule has 162 valence electrons. The summed E-state index contributed by atoms with van der Waals surface area (Å²) in [5, 5.41) is 15.3. The predicted molar refractivity (Wildman–Crippen MR) is 120 cm³/mol. The third kappa shape index (κ3) is 4.51. The first kappa shape index (κ1) is 22.2. The van der Waals surface area contributed by atoms with Crippen LogP contribution in [-0.2, 0) is 11.4 Å². The second-order valence-electron chi connectivity index (χ2n) is 7.09. The van der Waals surface area contributed by atoms with Gasteiger partial charge >= 0.3 is 0 Å². The van der Waals surface area contributed by atoms with E-state index in [2.05, 4.69) is 5.32 Å². The Kier molecular flexibility index (Phi) is 6.55. The molecule has 0 bridgehead atoms. The number of methoxy groups -OCH3 is 1. The number of carbonyl (C=O) groups is 1. The molecule has 0 amide bonds. The molecule has 3 rings (SSSR count). The van der Waals surface area contributed by atoms with Crippen LogP contribution in [-0.4, -0.2) is 34.9 Å². The first-order chi connectivity index (χ1) is 14.7. The fourth-order valence-electron chi connectivity index (χ4n) is 3.49. The Bertz CT molecular complexity index is 1070. The number of benzene rings is 2.